The first-order valence-electron chi connectivity index (χ1n) is 3.14. The van der Waals surface area contributed by atoms with E-state index in [0.717, 1.165) is 6.42 Å². The van der Waals surface area contributed by atoms with Crippen molar-refractivity contribution in [2.24, 2.45) is 11.3 Å². The third-order valence-electron chi connectivity index (χ3n) is 2.16. The lowest BCUT2D eigenvalue weighted by molar-refractivity contribution is 0.624. The Kier molecular flexibility index (Phi) is 1.04. The van der Waals surface area contributed by atoms with Crippen LogP contribution < -0.4 is 0 Å². The molecule has 8 heavy (non-hydrogen) atoms. The Balaban J connectivity index is 2.46. The molecule has 2 atom stereocenters. The van der Waals surface area contributed by atoms with Gasteiger partial charge >= 0.3 is 0 Å². The van der Waals surface area contributed by atoms with E-state index in [1.807, 2.05) is 6.92 Å². The fraction of sp³-hybridized carbons (Fsp3) is 0.857. The minimum atomic E-state index is 0.0642. The van der Waals surface area contributed by atoms with E-state index in [4.69, 9.17) is 5.26 Å². The van der Waals surface area contributed by atoms with Crippen molar-refractivity contribution < 1.29 is 0 Å². The fourth-order valence-corrected chi connectivity index (χ4v) is 1.18. The molecule has 1 aliphatic carbocycles. The van der Waals surface area contributed by atoms with Gasteiger partial charge in [-0.2, -0.15) is 5.26 Å². The van der Waals surface area contributed by atoms with Crippen LogP contribution in [0.3, 0.4) is 0 Å². The maximum Gasteiger partial charge on any atom is 0.0689 e. The Bertz CT molecular complexity index is 134. The minimum absolute atomic E-state index is 0.0642. The molecule has 0 aromatic heterocycles. The van der Waals surface area contributed by atoms with Crippen molar-refractivity contribution in [1.82, 2.24) is 0 Å². The lowest BCUT2D eigenvalue weighted by atomic mass is 10.1. The number of hydrogen-bond acceptors (Lipinski definition) is 1. The standard InChI is InChI=1S/C7H11N/c1-3-6-4-7(6,2)5-8/h6H,3-4H2,1-2H3. The molecule has 0 aromatic carbocycles. The van der Waals surface area contributed by atoms with Crippen molar-refractivity contribution in [1.29, 1.82) is 5.26 Å². The summed E-state index contributed by atoms with van der Waals surface area (Å²) in [4.78, 5) is 0. The van der Waals surface area contributed by atoms with E-state index in [9.17, 15) is 0 Å². The molecule has 1 rings (SSSR count). The van der Waals surface area contributed by atoms with Gasteiger partial charge in [0.05, 0.1) is 11.5 Å². The zero-order valence-corrected chi connectivity index (χ0v) is 5.44. The highest BCUT2D eigenvalue weighted by Crippen LogP contribution is 2.53. The topological polar surface area (TPSA) is 23.8 Å². The molecule has 1 heteroatoms. The van der Waals surface area contributed by atoms with Crippen LogP contribution >= 0.6 is 0 Å². The third-order valence-corrected chi connectivity index (χ3v) is 2.16. The van der Waals surface area contributed by atoms with Gasteiger partial charge in [0.2, 0.25) is 0 Å². The lowest BCUT2D eigenvalue weighted by Gasteiger charge is -1.92. The van der Waals surface area contributed by atoms with Crippen LogP contribution in [0.1, 0.15) is 26.7 Å². The van der Waals surface area contributed by atoms with Crippen LogP contribution in [0.4, 0.5) is 0 Å². The SMILES string of the molecule is CCC1CC1(C)C#N. The number of nitrogens with zero attached hydrogens (tertiary/aromatic N) is 1. The van der Waals surface area contributed by atoms with Crippen LogP contribution in [0.5, 0.6) is 0 Å². The molecule has 0 aromatic rings. The van der Waals surface area contributed by atoms with Crippen LogP contribution in [-0.4, -0.2) is 0 Å². The summed E-state index contributed by atoms with van der Waals surface area (Å²) in [6.45, 7) is 4.19. The molecule has 2 unspecified atom stereocenters. The zero-order chi connectivity index (χ0) is 6.20. The van der Waals surface area contributed by atoms with Gasteiger partial charge in [-0.15, -0.1) is 0 Å². The maximum atomic E-state index is 8.52. The van der Waals surface area contributed by atoms with Crippen LogP contribution in [0.25, 0.3) is 0 Å². The molecule has 1 saturated carbocycles. The average molecular weight is 109 g/mol. The summed E-state index contributed by atoms with van der Waals surface area (Å²) in [7, 11) is 0. The van der Waals surface area contributed by atoms with Gasteiger partial charge in [0.1, 0.15) is 0 Å². The molecule has 1 fully saturated rings. The van der Waals surface area contributed by atoms with Gasteiger partial charge in [-0.1, -0.05) is 13.3 Å². The second kappa shape index (κ2) is 1.48. The summed E-state index contributed by atoms with van der Waals surface area (Å²) < 4.78 is 0. The van der Waals surface area contributed by atoms with Crippen LogP contribution in [0.15, 0.2) is 0 Å². The van der Waals surface area contributed by atoms with Crippen LogP contribution in [0, 0.1) is 22.7 Å². The van der Waals surface area contributed by atoms with Gasteiger partial charge in [0.15, 0.2) is 0 Å². The molecular weight excluding hydrogens is 98.1 g/mol. The second-order valence-electron chi connectivity index (χ2n) is 2.84. The first-order chi connectivity index (χ1) is 3.73. The molecule has 44 valence electrons. The highest BCUT2D eigenvalue weighted by atomic mass is 14.5. The molecule has 0 N–H and O–H groups in total. The van der Waals surface area contributed by atoms with Crippen molar-refractivity contribution >= 4 is 0 Å². The predicted molar refractivity (Wildman–Crippen MR) is 32.1 cm³/mol. The normalized spacial score (nSPS) is 43.4. The fourth-order valence-electron chi connectivity index (χ4n) is 1.18. The number of nitriles is 1. The largest absolute Gasteiger partial charge is 0.198 e. The van der Waals surface area contributed by atoms with Gasteiger partial charge in [-0.3, -0.25) is 0 Å². The molecule has 0 aliphatic heterocycles. The summed E-state index contributed by atoms with van der Waals surface area (Å²) in [5.74, 6) is 0.701. The molecule has 0 saturated heterocycles. The van der Waals surface area contributed by atoms with Crippen molar-refractivity contribution in [2.45, 2.75) is 26.7 Å². The van der Waals surface area contributed by atoms with Crippen molar-refractivity contribution in [3.05, 3.63) is 0 Å². The van der Waals surface area contributed by atoms with E-state index in [2.05, 4.69) is 13.0 Å². The lowest BCUT2D eigenvalue weighted by Crippen LogP contribution is -1.90. The molecular formula is C7H11N. The average Bonchev–Trinajstić information content (AvgIpc) is 2.44. The Morgan fingerprint density at radius 3 is 2.62 bits per heavy atom. The van der Waals surface area contributed by atoms with E-state index < -0.39 is 0 Å². The first-order valence-corrected chi connectivity index (χ1v) is 3.14. The van der Waals surface area contributed by atoms with Crippen molar-refractivity contribution in [3.8, 4) is 6.07 Å². The van der Waals surface area contributed by atoms with Crippen molar-refractivity contribution in [2.75, 3.05) is 0 Å². The van der Waals surface area contributed by atoms with Crippen LogP contribution in [0.2, 0.25) is 0 Å². The van der Waals surface area contributed by atoms with Crippen molar-refractivity contribution in [3.63, 3.8) is 0 Å². The molecule has 0 heterocycles. The Morgan fingerprint density at radius 1 is 1.88 bits per heavy atom. The Labute approximate surface area is 50.3 Å². The summed E-state index contributed by atoms with van der Waals surface area (Å²) >= 11 is 0. The molecule has 0 bridgehead atoms. The summed E-state index contributed by atoms with van der Waals surface area (Å²) in [6.07, 6.45) is 2.30. The smallest absolute Gasteiger partial charge is 0.0689 e. The van der Waals surface area contributed by atoms with E-state index in [1.54, 1.807) is 0 Å². The number of rotatable bonds is 1. The molecule has 0 spiro atoms. The summed E-state index contributed by atoms with van der Waals surface area (Å²) in [5, 5.41) is 8.52. The molecule has 0 amide bonds. The Hall–Kier alpha value is -0.510. The van der Waals surface area contributed by atoms with E-state index in [0.29, 0.717) is 5.92 Å². The van der Waals surface area contributed by atoms with E-state index >= 15 is 0 Å². The third kappa shape index (κ3) is 0.608. The maximum absolute atomic E-state index is 8.52. The quantitative estimate of drug-likeness (QED) is 0.505. The highest BCUT2D eigenvalue weighted by Gasteiger charge is 2.48. The van der Waals surface area contributed by atoms with E-state index in [1.165, 1.54) is 6.42 Å². The van der Waals surface area contributed by atoms with Gasteiger partial charge in [-0.25, -0.2) is 0 Å². The summed E-state index contributed by atoms with van der Waals surface area (Å²) in [6, 6.07) is 2.32. The van der Waals surface area contributed by atoms with Gasteiger partial charge in [-0.05, 0) is 19.3 Å². The minimum Gasteiger partial charge on any atom is -0.198 e. The van der Waals surface area contributed by atoms with Gasteiger partial charge in [0.25, 0.3) is 0 Å². The van der Waals surface area contributed by atoms with Gasteiger partial charge in [0, 0.05) is 0 Å². The van der Waals surface area contributed by atoms with Gasteiger partial charge < -0.3 is 0 Å². The Morgan fingerprint density at radius 2 is 2.50 bits per heavy atom. The molecule has 1 nitrogen and oxygen atoms in total. The highest BCUT2D eigenvalue weighted by molar-refractivity contribution is 5.12. The summed E-state index contributed by atoms with van der Waals surface area (Å²) in [5.41, 5.74) is 0.0642. The first kappa shape index (κ1) is 5.62. The number of hydrogen-bond donors (Lipinski definition) is 0. The van der Waals surface area contributed by atoms with Crippen LogP contribution in [-0.2, 0) is 0 Å². The zero-order valence-electron chi connectivity index (χ0n) is 5.44. The molecule has 0 radical (unpaired) electrons. The van der Waals surface area contributed by atoms with E-state index in [-0.39, 0.29) is 5.41 Å². The monoisotopic (exact) mass is 109 g/mol. The predicted octanol–water partition coefficient (Wildman–Crippen LogP) is 1.95. The molecule has 1 aliphatic rings. The second-order valence-corrected chi connectivity index (χ2v) is 2.84.